The van der Waals surface area contributed by atoms with Crippen LogP contribution in [0.25, 0.3) is 6.08 Å². The zero-order valence-corrected chi connectivity index (χ0v) is 12.8. The van der Waals surface area contributed by atoms with Crippen LogP contribution in [0.1, 0.15) is 27.0 Å². The van der Waals surface area contributed by atoms with E-state index >= 15 is 0 Å². The molecule has 0 aromatic heterocycles. The van der Waals surface area contributed by atoms with Crippen molar-refractivity contribution in [1.82, 2.24) is 0 Å². The van der Waals surface area contributed by atoms with Gasteiger partial charge in [0.25, 0.3) is 0 Å². The number of allylic oxidation sites excluding steroid dienone is 1. The molecule has 1 nitrogen and oxygen atoms in total. The molecule has 0 radical (unpaired) electrons. The normalized spacial score (nSPS) is 11.0. The Morgan fingerprint density at radius 1 is 1.05 bits per heavy atom. The number of carbonyl (C=O) groups is 1. The highest BCUT2D eigenvalue weighted by atomic mass is 35.5. The van der Waals surface area contributed by atoms with Crippen molar-refractivity contribution in [3.63, 3.8) is 0 Å². The highest BCUT2D eigenvalue weighted by Crippen LogP contribution is 2.25. The first kappa shape index (κ1) is 14.8. The zero-order valence-electron chi connectivity index (χ0n) is 11.3. The molecule has 0 atom stereocenters. The van der Waals surface area contributed by atoms with Crippen molar-refractivity contribution in [2.24, 2.45) is 0 Å². The lowest BCUT2D eigenvalue weighted by molar-refractivity contribution is 0.104. The van der Waals surface area contributed by atoms with E-state index in [1.165, 1.54) is 6.08 Å². The van der Waals surface area contributed by atoms with Crippen molar-refractivity contribution in [2.45, 2.75) is 13.8 Å². The fourth-order valence-electron chi connectivity index (χ4n) is 2.01. The maximum atomic E-state index is 12.2. The predicted octanol–water partition coefficient (Wildman–Crippen LogP) is 5.51. The molecule has 0 bridgehead atoms. The molecule has 2 rings (SSSR count). The van der Waals surface area contributed by atoms with Gasteiger partial charge in [0.05, 0.1) is 0 Å². The van der Waals surface area contributed by atoms with Crippen LogP contribution in [0.2, 0.25) is 10.0 Å². The van der Waals surface area contributed by atoms with Gasteiger partial charge < -0.3 is 0 Å². The van der Waals surface area contributed by atoms with Crippen LogP contribution in [0.3, 0.4) is 0 Å². The molecule has 20 heavy (non-hydrogen) atoms. The summed E-state index contributed by atoms with van der Waals surface area (Å²) in [5.74, 6) is -0.0570. The van der Waals surface area contributed by atoms with E-state index in [0.717, 1.165) is 11.1 Å². The summed E-state index contributed by atoms with van der Waals surface area (Å²) in [5.41, 5.74) is 3.45. The van der Waals surface area contributed by atoms with Gasteiger partial charge in [0, 0.05) is 21.2 Å². The van der Waals surface area contributed by atoms with Crippen molar-refractivity contribution >= 4 is 35.1 Å². The molecule has 2 aromatic rings. The highest BCUT2D eigenvalue weighted by Gasteiger charge is 2.07. The van der Waals surface area contributed by atoms with Crippen LogP contribution in [0, 0.1) is 13.8 Å². The maximum absolute atomic E-state index is 12.2. The lowest BCUT2D eigenvalue weighted by Gasteiger charge is -2.04. The molecule has 0 fully saturated rings. The summed E-state index contributed by atoms with van der Waals surface area (Å²) in [6, 6.07) is 11.0. The largest absolute Gasteiger partial charge is 0.289 e. The molecule has 0 amide bonds. The molecule has 0 saturated carbocycles. The first-order valence-corrected chi connectivity index (χ1v) is 6.98. The quantitative estimate of drug-likeness (QED) is 0.540. The third-order valence-corrected chi connectivity index (χ3v) is 3.71. The third kappa shape index (κ3) is 3.30. The minimum Gasteiger partial charge on any atom is -0.289 e. The molecule has 102 valence electrons. The number of ketones is 1. The Morgan fingerprint density at radius 3 is 2.30 bits per heavy atom. The molecule has 0 spiro atoms. The molecule has 0 heterocycles. The lowest BCUT2D eigenvalue weighted by atomic mass is 10.0. The van der Waals surface area contributed by atoms with Crippen LogP contribution in [-0.2, 0) is 0 Å². The number of hydrogen-bond donors (Lipinski definition) is 0. The SMILES string of the molecule is Cc1ccc(C(=O)/C=C\c2c(Cl)cccc2Cl)c(C)c1. The summed E-state index contributed by atoms with van der Waals surface area (Å²) in [5, 5.41) is 1.06. The Morgan fingerprint density at radius 2 is 1.70 bits per heavy atom. The van der Waals surface area contributed by atoms with Gasteiger partial charge in [0.1, 0.15) is 0 Å². The number of rotatable bonds is 3. The van der Waals surface area contributed by atoms with Gasteiger partial charge in [0.15, 0.2) is 5.78 Å². The Bertz CT molecular complexity index is 667. The summed E-state index contributed by atoms with van der Waals surface area (Å²) in [6.07, 6.45) is 3.16. The summed E-state index contributed by atoms with van der Waals surface area (Å²) < 4.78 is 0. The molecule has 3 heteroatoms. The molecular weight excluding hydrogens is 291 g/mol. The van der Waals surface area contributed by atoms with Gasteiger partial charge >= 0.3 is 0 Å². The monoisotopic (exact) mass is 304 g/mol. The maximum Gasteiger partial charge on any atom is 0.186 e. The predicted molar refractivity (Wildman–Crippen MR) is 85.7 cm³/mol. The average molecular weight is 305 g/mol. The number of benzene rings is 2. The van der Waals surface area contributed by atoms with Crippen molar-refractivity contribution in [2.75, 3.05) is 0 Å². The van der Waals surface area contributed by atoms with Crippen LogP contribution in [0.5, 0.6) is 0 Å². The average Bonchev–Trinajstić information content (AvgIpc) is 2.37. The van der Waals surface area contributed by atoms with Gasteiger partial charge in [-0.25, -0.2) is 0 Å². The van der Waals surface area contributed by atoms with E-state index < -0.39 is 0 Å². The minimum absolute atomic E-state index is 0.0570. The van der Waals surface area contributed by atoms with Crippen molar-refractivity contribution < 1.29 is 4.79 Å². The molecule has 2 aromatic carbocycles. The lowest BCUT2D eigenvalue weighted by Crippen LogP contribution is -1.98. The van der Waals surface area contributed by atoms with E-state index in [2.05, 4.69) is 0 Å². The van der Waals surface area contributed by atoms with Crippen molar-refractivity contribution in [3.05, 3.63) is 74.8 Å². The molecule has 0 aliphatic heterocycles. The van der Waals surface area contributed by atoms with Gasteiger partial charge in [-0.2, -0.15) is 0 Å². The van der Waals surface area contributed by atoms with Crippen molar-refractivity contribution in [1.29, 1.82) is 0 Å². The fraction of sp³-hybridized carbons (Fsp3) is 0.118. The second kappa shape index (κ2) is 6.25. The number of hydrogen-bond acceptors (Lipinski definition) is 1. The Kier molecular flexibility index (Phi) is 4.64. The first-order chi connectivity index (χ1) is 9.49. The highest BCUT2D eigenvalue weighted by molar-refractivity contribution is 6.37. The minimum atomic E-state index is -0.0570. The summed E-state index contributed by atoms with van der Waals surface area (Å²) in [6.45, 7) is 3.93. The number of halogens is 2. The molecule has 0 unspecified atom stereocenters. The van der Waals surface area contributed by atoms with E-state index in [4.69, 9.17) is 23.2 Å². The second-order valence-corrected chi connectivity index (χ2v) is 5.47. The van der Waals surface area contributed by atoms with Crippen LogP contribution in [0.4, 0.5) is 0 Å². The van der Waals surface area contributed by atoms with Crippen LogP contribution in [0.15, 0.2) is 42.5 Å². The Hall–Kier alpha value is -1.57. The van der Waals surface area contributed by atoms with Crippen LogP contribution in [-0.4, -0.2) is 5.78 Å². The Balaban J connectivity index is 2.30. The molecular formula is C17H14Cl2O. The van der Waals surface area contributed by atoms with Gasteiger partial charge in [-0.05, 0) is 43.7 Å². The third-order valence-electron chi connectivity index (χ3n) is 3.05. The van der Waals surface area contributed by atoms with E-state index in [9.17, 15) is 4.79 Å². The summed E-state index contributed by atoms with van der Waals surface area (Å²) in [4.78, 5) is 12.2. The zero-order chi connectivity index (χ0) is 14.7. The van der Waals surface area contributed by atoms with Crippen LogP contribution >= 0.6 is 23.2 Å². The van der Waals surface area contributed by atoms with Crippen molar-refractivity contribution in [3.8, 4) is 0 Å². The second-order valence-electron chi connectivity index (χ2n) is 4.65. The number of carbonyl (C=O) groups excluding carboxylic acids is 1. The molecule has 0 saturated heterocycles. The van der Waals surface area contributed by atoms with E-state index in [0.29, 0.717) is 21.2 Å². The summed E-state index contributed by atoms with van der Waals surface area (Å²) >= 11 is 12.1. The van der Waals surface area contributed by atoms with Gasteiger partial charge in [0.2, 0.25) is 0 Å². The topological polar surface area (TPSA) is 17.1 Å². The van der Waals surface area contributed by atoms with Gasteiger partial charge in [-0.15, -0.1) is 0 Å². The van der Waals surface area contributed by atoms with E-state index in [-0.39, 0.29) is 5.78 Å². The van der Waals surface area contributed by atoms with Gasteiger partial charge in [-0.1, -0.05) is 53.0 Å². The molecule has 0 aliphatic rings. The van der Waals surface area contributed by atoms with Gasteiger partial charge in [-0.3, -0.25) is 4.79 Å². The molecule has 0 N–H and O–H groups in total. The Labute approximate surface area is 128 Å². The standard InChI is InChI=1S/C17H14Cl2O/c1-11-6-7-13(12(2)10-11)17(20)9-8-14-15(18)4-3-5-16(14)19/h3-10H,1-2H3/b9-8-. The van der Waals surface area contributed by atoms with E-state index in [1.807, 2.05) is 32.0 Å². The fourth-order valence-corrected chi connectivity index (χ4v) is 2.53. The van der Waals surface area contributed by atoms with Crippen LogP contribution < -0.4 is 0 Å². The van der Waals surface area contributed by atoms with E-state index in [1.54, 1.807) is 24.3 Å². The number of aryl methyl sites for hydroxylation is 2. The summed E-state index contributed by atoms with van der Waals surface area (Å²) in [7, 11) is 0. The smallest absolute Gasteiger partial charge is 0.186 e. The molecule has 0 aliphatic carbocycles. The first-order valence-electron chi connectivity index (χ1n) is 6.22.